The Labute approximate surface area is 235 Å². The van der Waals surface area contributed by atoms with Crippen LogP contribution in [0.2, 0.25) is 0 Å². The van der Waals surface area contributed by atoms with E-state index in [1.165, 1.54) is 16.8 Å². The number of aryl methyl sites for hydroxylation is 4. The highest BCUT2D eigenvalue weighted by molar-refractivity contribution is 7.92. The number of benzene rings is 2. The number of nitrogens with one attached hydrogen (secondary N) is 2. The highest BCUT2D eigenvalue weighted by Crippen LogP contribution is 2.44. The van der Waals surface area contributed by atoms with Crippen molar-refractivity contribution < 1.29 is 8.42 Å². The number of para-hydroxylation sites is 1. The van der Waals surface area contributed by atoms with Crippen molar-refractivity contribution in [2.45, 2.75) is 46.7 Å². The Bertz CT molecular complexity index is 1660. The predicted molar refractivity (Wildman–Crippen MR) is 162 cm³/mol. The van der Waals surface area contributed by atoms with E-state index in [4.69, 9.17) is 12.2 Å². The van der Waals surface area contributed by atoms with Crippen molar-refractivity contribution in [1.29, 1.82) is 0 Å². The van der Waals surface area contributed by atoms with Gasteiger partial charge in [-0.3, -0.25) is 9.71 Å². The van der Waals surface area contributed by atoms with E-state index in [0.717, 1.165) is 40.2 Å². The van der Waals surface area contributed by atoms with Crippen LogP contribution in [0.3, 0.4) is 0 Å². The molecule has 2 aromatic heterocycles. The van der Waals surface area contributed by atoms with E-state index in [-0.39, 0.29) is 12.1 Å². The maximum atomic E-state index is 11.9. The molecule has 0 bridgehead atoms. The van der Waals surface area contributed by atoms with Gasteiger partial charge in [-0.15, -0.1) is 0 Å². The largest absolute Gasteiger partial charge is 0.351 e. The quantitative estimate of drug-likeness (QED) is 0.284. The molecule has 4 aromatic rings. The van der Waals surface area contributed by atoms with E-state index < -0.39 is 10.0 Å². The number of sulfonamides is 1. The van der Waals surface area contributed by atoms with Crippen molar-refractivity contribution in [1.82, 2.24) is 14.9 Å². The lowest BCUT2D eigenvalue weighted by atomic mass is 9.96. The van der Waals surface area contributed by atoms with Crippen LogP contribution in [0.4, 0.5) is 11.4 Å². The van der Waals surface area contributed by atoms with E-state index in [1.54, 1.807) is 12.3 Å². The van der Waals surface area contributed by atoms with Crippen molar-refractivity contribution in [2.24, 2.45) is 0 Å². The average Bonchev–Trinajstić information content (AvgIpc) is 3.36. The Balaban J connectivity index is 1.68. The van der Waals surface area contributed by atoms with Gasteiger partial charge in [0.15, 0.2) is 5.11 Å². The Hall–Kier alpha value is -3.69. The highest BCUT2D eigenvalue weighted by atomic mass is 32.2. The smallest absolute Gasteiger partial charge is 0.229 e. The van der Waals surface area contributed by atoms with E-state index in [0.29, 0.717) is 10.8 Å². The van der Waals surface area contributed by atoms with Crippen LogP contribution in [0.1, 0.15) is 51.4 Å². The minimum absolute atomic E-state index is 0.176. The summed E-state index contributed by atoms with van der Waals surface area (Å²) in [6.07, 6.45) is 2.95. The summed E-state index contributed by atoms with van der Waals surface area (Å²) in [7, 11) is -3.39. The normalized spacial score (nSPS) is 17.4. The molecule has 0 spiro atoms. The van der Waals surface area contributed by atoms with Crippen LogP contribution in [0.5, 0.6) is 0 Å². The Kier molecular flexibility index (Phi) is 6.99. The number of nitrogens with zero attached hydrogens (tertiary/aromatic N) is 3. The molecule has 39 heavy (non-hydrogen) atoms. The first-order valence-electron chi connectivity index (χ1n) is 12.8. The van der Waals surface area contributed by atoms with Crippen LogP contribution in [-0.4, -0.2) is 29.3 Å². The van der Waals surface area contributed by atoms with Gasteiger partial charge < -0.3 is 14.8 Å². The molecule has 3 heterocycles. The first kappa shape index (κ1) is 26.9. The van der Waals surface area contributed by atoms with Gasteiger partial charge in [0.2, 0.25) is 10.0 Å². The van der Waals surface area contributed by atoms with Gasteiger partial charge in [-0.1, -0.05) is 24.3 Å². The molecule has 0 amide bonds. The number of anilines is 2. The molecule has 2 atom stereocenters. The summed E-state index contributed by atoms with van der Waals surface area (Å²) < 4.78 is 28.6. The van der Waals surface area contributed by atoms with E-state index in [1.807, 2.05) is 37.3 Å². The van der Waals surface area contributed by atoms with Crippen molar-refractivity contribution in [3.8, 4) is 5.69 Å². The van der Waals surface area contributed by atoms with Crippen molar-refractivity contribution in [2.75, 3.05) is 15.9 Å². The predicted octanol–water partition coefficient (Wildman–Crippen LogP) is 5.96. The van der Waals surface area contributed by atoms with Gasteiger partial charge in [0.05, 0.1) is 35.4 Å². The van der Waals surface area contributed by atoms with Crippen LogP contribution >= 0.6 is 12.2 Å². The zero-order valence-electron chi connectivity index (χ0n) is 23.0. The highest BCUT2D eigenvalue weighted by Gasteiger charge is 2.42. The summed E-state index contributed by atoms with van der Waals surface area (Å²) in [4.78, 5) is 6.81. The molecule has 1 aliphatic heterocycles. The lowest BCUT2D eigenvalue weighted by molar-refractivity contribution is 0.565. The molecule has 5 rings (SSSR count). The molecule has 2 unspecified atom stereocenters. The fourth-order valence-corrected chi connectivity index (χ4v) is 6.62. The summed E-state index contributed by atoms with van der Waals surface area (Å²) >= 11 is 5.93. The first-order chi connectivity index (χ1) is 18.5. The van der Waals surface area contributed by atoms with Gasteiger partial charge in [-0.25, -0.2) is 8.42 Å². The first-order valence-corrected chi connectivity index (χ1v) is 15.1. The average molecular weight is 560 g/mol. The Morgan fingerprint density at radius 3 is 2.26 bits per heavy atom. The lowest BCUT2D eigenvalue weighted by Gasteiger charge is -2.29. The van der Waals surface area contributed by atoms with Gasteiger partial charge in [0.1, 0.15) is 0 Å². The zero-order chi connectivity index (χ0) is 28.1. The van der Waals surface area contributed by atoms with Gasteiger partial charge in [0.25, 0.3) is 0 Å². The summed E-state index contributed by atoms with van der Waals surface area (Å²) in [5.41, 5.74) is 10.2. The van der Waals surface area contributed by atoms with E-state index in [9.17, 15) is 8.42 Å². The second kappa shape index (κ2) is 10.1. The number of rotatable bonds is 6. The molecule has 2 N–H and O–H groups in total. The summed E-state index contributed by atoms with van der Waals surface area (Å²) in [6, 6.07) is 19.9. The standard InChI is InChI=1S/C30H33N5O2S2/c1-18-10-9-11-19(2)28(18)34-21(4)17-24(22(34)5)29-27(26-12-7-8-15-31-26)32-30(38)35(29)23-13-14-25(20(3)16-23)33-39(6,36)37/h7-17,27,29,33H,1-6H3,(H,32,38). The molecular formula is C30H33N5O2S2. The fraction of sp³-hybridized carbons (Fsp3) is 0.267. The third-order valence-electron chi connectivity index (χ3n) is 7.33. The van der Waals surface area contributed by atoms with Gasteiger partial charge in [-0.05, 0) is 105 Å². The van der Waals surface area contributed by atoms with Crippen molar-refractivity contribution >= 4 is 38.7 Å². The second-order valence-corrected chi connectivity index (χ2v) is 12.4. The van der Waals surface area contributed by atoms with Crippen molar-refractivity contribution in [3.63, 3.8) is 0 Å². The molecule has 9 heteroatoms. The molecular weight excluding hydrogens is 526 g/mol. The third kappa shape index (κ3) is 5.04. The zero-order valence-corrected chi connectivity index (χ0v) is 24.6. The van der Waals surface area contributed by atoms with Crippen LogP contribution in [0, 0.1) is 34.6 Å². The SMILES string of the molecule is Cc1cc(N2C(=S)NC(c3ccccn3)C2c2cc(C)n(-c3c(C)cccc3C)c2C)ccc1NS(C)(=O)=O. The Morgan fingerprint density at radius 2 is 1.64 bits per heavy atom. The summed E-state index contributed by atoms with van der Waals surface area (Å²) in [5.74, 6) is 0. The van der Waals surface area contributed by atoms with Gasteiger partial charge >= 0.3 is 0 Å². The number of aromatic nitrogens is 2. The van der Waals surface area contributed by atoms with E-state index >= 15 is 0 Å². The van der Waals surface area contributed by atoms with Gasteiger partial charge in [0, 0.05) is 23.3 Å². The lowest BCUT2D eigenvalue weighted by Crippen LogP contribution is -2.29. The van der Waals surface area contributed by atoms with E-state index in [2.05, 4.69) is 76.5 Å². The number of pyridine rings is 1. The number of hydrogen-bond donors (Lipinski definition) is 2. The van der Waals surface area contributed by atoms with Crippen LogP contribution < -0.4 is 14.9 Å². The second-order valence-electron chi connectivity index (χ2n) is 10.3. The maximum Gasteiger partial charge on any atom is 0.229 e. The fourth-order valence-electron chi connectivity index (χ4n) is 5.65. The Morgan fingerprint density at radius 1 is 0.923 bits per heavy atom. The maximum absolute atomic E-state index is 11.9. The molecule has 1 saturated heterocycles. The molecule has 2 aromatic carbocycles. The summed E-state index contributed by atoms with van der Waals surface area (Å²) in [5, 5.41) is 4.13. The number of thiocarbonyl (C=S) groups is 1. The van der Waals surface area contributed by atoms with Crippen LogP contribution in [0.25, 0.3) is 5.69 Å². The molecule has 1 aliphatic rings. The van der Waals surface area contributed by atoms with Crippen LogP contribution in [0.15, 0.2) is 66.9 Å². The third-order valence-corrected chi connectivity index (χ3v) is 8.24. The molecule has 0 saturated carbocycles. The number of hydrogen-bond acceptors (Lipinski definition) is 4. The molecule has 0 radical (unpaired) electrons. The van der Waals surface area contributed by atoms with Crippen molar-refractivity contribution in [3.05, 3.63) is 106 Å². The molecule has 7 nitrogen and oxygen atoms in total. The minimum Gasteiger partial charge on any atom is -0.351 e. The molecule has 0 aliphatic carbocycles. The molecule has 1 fully saturated rings. The topological polar surface area (TPSA) is 79.3 Å². The molecule has 202 valence electrons. The van der Waals surface area contributed by atoms with Crippen LogP contribution in [-0.2, 0) is 10.0 Å². The minimum atomic E-state index is -3.39. The summed E-state index contributed by atoms with van der Waals surface area (Å²) in [6.45, 7) is 10.5. The monoisotopic (exact) mass is 559 g/mol. The van der Waals surface area contributed by atoms with Gasteiger partial charge in [-0.2, -0.15) is 0 Å².